The second-order valence-electron chi connectivity index (χ2n) is 4.58. The van der Waals surface area contributed by atoms with E-state index < -0.39 is 6.10 Å². The molecule has 0 spiro atoms. The summed E-state index contributed by atoms with van der Waals surface area (Å²) in [4.78, 5) is 10.6. The lowest BCUT2D eigenvalue weighted by Gasteiger charge is -2.18. The van der Waals surface area contributed by atoms with Gasteiger partial charge >= 0.3 is 0 Å². The molecule has 0 aromatic rings. The minimum Gasteiger partial charge on any atom is -0.385 e. The first-order valence-corrected chi connectivity index (χ1v) is 4.51. The van der Waals surface area contributed by atoms with Crippen molar-refractivity contribution in [1.82, 2.24) is 0 Å². The molecule has 0 aromatic carbocycles. The highest BCUT2D eigenvalue weighted by Crippen LogP contribution is 2.21. The predicted octanol–water partition coefficient (Wildman–Crippen LogP) is 2.15. The largest absolute Gasteiger partial charge is 0.385 e. The summed E-state index contributed by atoms with van der Waals surface area (Å²) in [6.07, 6.45) is 1.83. The molecule has 0 fully saturated rings. The van der Waals surface area contributed by atoms with Crippen LogP contribution in [0.25, 0.3) is 0 Å². The molecule has 0 aliphatic rings. The SMILES string of the molecule is CC(=O)C(O)CCCC(C)(C)C. The smallest absolute Gasteiger partial charge is 0.158 e. The maximum absolute atomic E-state index is 10.6. The Balaban J connectivity index is 3.51. The van der Waals surface area contributed by atoms with Crippen molar-refractivity contribution in [2.24, 2.45) is 5.41 Å². The minimum absolute atomic E-state index is 0.121. The number of carbonyl (C=O) groups excluding carboxylic acids is 1. The molecule has 0 amide bonds. The normalized spacial score (nSPS) is 14.4. The third kappa shape index (κ3) is 6.35. The van der Waals surface area contributed by atoms with Crippen LogP contribution in [0.3, 0.4) is 0 Å². The van der Waals surface area contributed by atoms with Crippen molar-refractivity contribution in [2.75, 3.05) is 0 Å². The maximum atomic E-state index is 10.6. The summed E-state index contributed by atoms with van der Waals surface area (Å²) in [6.45, 7) is 7.91. The van der Waals surface area contributed by atoms with Gasteiger partial charge in [-0.25, -0.2) is 0 Å². The molecular weight excluding hydrogens is 152 g/mol. The Morgan fingerprint density at radius 2 is 1.92 bits per heavy atom. The molecule has 1 N–H and O–H groups in total. The third-order valence-corrected chi connectivity index (χ3v) is 1.87. The van der Waals surface area contributed by atoms with Crippen molar-refractivity contribution in [3.63, 3.8) is 0 Å². The Kier molecular flexibility index (Phi) is 4.46. The van der Waals surface area contributed by atoms with Gasteiger partial charge in [0.25, 0.3) is 0 Å². The van der Waals surface area contributed by atoms with E-state index in [0.29, 0.717) is 11.8 Å². The van der Waals surface area contributed by atoms with Gasteiger partial charge in [-0.1, -0.05) is 20.8 Å². The summed E-state index contributed by atoms with van der Waals surface area (Å²) in [6, 6.07) is 0. The molecule has 2 heteroatoms. The molecule has 0 bridgehead atoms. The Morgan fingerprint density at radius 1 is 1.42 bits per heavy atom. The lowest BCUT2D eigenvalue weighted by molar-refractivity contribution is -0.125. The van der Waals surface area contributed by atoms with E-state index in [1.807, 2.05) is 0 Å². The number of ketones is 1. The van der Waals surface area contributed by atoms with Gasteiger partial charge in [0.1, 0.15) is 6.10 Å². The first-order chi connectivity index (χ1) is 5.33. The molecule has 0 aliphatic carbocycles. The summed E-state index contributed by atoms with van der Waals surface area (Å²) in [5, 5.41) is 9.17. The molecule has 0 aliphatic heterocycles. The zero-order valence-corrected chi connectivity index (χ0v) is 8.55. The molecule has 0 aromatic heterocycles. The van der Waals surface area contributed by atoms with Crippen molar-refractivity contribution in [1.29, 1.82) is 0 Å². The number of aliphatic hydroxyl groups is 1. The molecule has 0 heterocycles. The van der Waals surface area contributed by atoms with Crippen LogP contribution in [0, 0.1) is 5.41 Å². The van der Waals surface area contributed by atoms with Gasteiger partial charge in [-0.15, -0.1) is 0 Å². The van der Waals surface area contributed by atoms with Crippen LogP contribution in [0.15, 0.2) is 0 Å². The maximum Gasteiger partial charge on any atom is 0.158 e. The van der Waals surface area contributed by atoms with Crippen LogP contribution < -0.4 is 0 Å². The van der Waals surface area contributed by atoms with E-state index in [4.69, 9.17) is 0 Å². The van der Waals surface area contributed by atoms with Gasteiger partial charge in [-0.2, -0.15) is 0 Å². The van der Waals surface area contributed by atoms with Crippen molar-refractivity contribution in [2.45, 2.75) is 53.1 Å². The van der Waals surface area contributed by atoms with E-state index in [-0.39, 0.29) is 5.78 Å². The van der Waals surface area contributed by atoms with Crippen LogP contribution >= 0.6 is 0 Å². The fourth-order valence-electron chi connectivity index (χ4n) is 1.03. The van der Waals surface area contributed by atoms with E-state index in [1.165, 1.54) is 6.92 Å². The van der Waals surface area contributed by atoms with E-state index >= 15 is 0 Å². The minimum atomic E-state index is -0.743. The molecule has 12 heavy (non-hydrogen) atoms. The molecule has 0 saturated heterocycles. The molecular formula is C10H20O2. The lowest BCUT2D eigenvalue weighted by Crippen LogP contribution is -2.17. The van der Waals surface area contributed by atoms with Crippen molar-refractivity contribution in [3.05, 3.63) is 0 Å². The Bertz CT molecular complexity index is 144. The number of carbonyl (C=O) groups is 1. The lowest BCUT2D eigenvalue weighted by atomic mass is 9.89. The van der Waals surface area contributed by atoms with Crippen molar-refractivity contribution < 1.29 is 9.90 Å². The fourth-order valence-corrected chi connectivity index (χ4v) is 1.03. The zero-order chi connectivity index (χ0) is 9.78. The summed E-state index contributed by atoms with van der Waals surface area (Å²) >= 11 is 0. The molecule has 1 unspecified atom stereocenters. The topological polar surface area (TPSA) is 37.3 Å². The quantitative estimate of drug-likeness (QED) is 0.705. The second-order valence-corrected chi connectivity index (χ2v) is 4.58. The zero-order valence-electron chi connectivity index (χ0n) is 8.55. The molecule has 72 valence electrons. The molecule has 1 atom stereocenters. The predicted molar refractivity (Wildman–Crippen MR) is 50.0 cm³/mol. The summed E-state index contributed by atoms with van der Waals surface area (Å²) < 4.78 is 0. The van der Waals surface area contributed by atoms with Gasteiger partial charge in [0, 0.05) is 0 Å². The highest BCUT2D eigenvalue weighted by atomic mass is 16.3. The van der Waals surface area contributed by atoms with Gasteiger partial charge in [0.15, 0.2) is 5.78 Å². The van der Waals surface area contributed by atoms with Crippen LogP contribution in [-0.4, -0.2) is 17.0 Å². The second kappa shape index (κ2) is 4.61. The van der Waals surface area contributed by atoms with Gasteiger partial charge in [0.2, 0.25) is 0 Å². The van der Waals surface area contributed by atoms with Gasteiger partial charge < -0.3 is 5.11 Å². The first-order valence-electron chi connectivity index (χ1n) is 4.51. The van der Waals surface area contributed by atoms with E-state index in [9.17, 15) is 9.90 Å². The molecule has 2 nitrogen and oxygen atoms in total. The van der Waals surface area contributed by atoms with Crippen LogP contribution in [0.2, 0.25) is 0 Å². The number of hydrogen-bond donors (Lipinski definition) is 1. The van der Waals surface area contributed by atoms with Crippen LogP contribution in [0.5, 0.6) is 0 Å². The fraction of sp³-hybridized carbons (Fsp3) is 0.900. The van der Waals surface area contributed by atoms with Gasteiger partial charge in [-0.05, 0) is 31.6 Å². The van der Waals surface area contributed by atoms with Crippen molar-refractivity contribution >= 4 is 5.78 Å². The number of hydrogen-bond acceptors (Lipinski definition) is 2. The summed E-state index contributed by atoms with van der Waals surface area (Å²) in [7, 11) is 0. The van der Waals surface area contributed by atoms with Gasteiger partial charge in [0.05, 0.1) is 0 Å². The van der Waals surface area contributed by atoms with Crippen LogP contribution in [0.4, 0.5) is 0 Å². The Morgan fingerprint density at radius 3 is 2.25 bits per heavy atom. The monoisotopic (exact) mass is 172 g/mol. The van der Waals surface area contributed by atoms with Crippen molar-refractivity contribution in [3.8, 4) is 0 Å². The van der Waals surface area contributed by atoms with E-state index in [2.05, 4.69) is 20.8 Å². The molecule has 0 rings (SSSR count). The average molecular weight is 172 g/mol. The Labute approximate surface area is 75.0 Å². The number of rotatable bonds is 4. The number of Topliss-reactive ketones (excluding diaryl/α,β-unsaturated/α-hetero) is 1. The molecule has 0 saturated carbocycles. The molecule has 0 radical (unpaired) electrons. The third-order valence-electron chi connectivity index (χ3n) is 1.87. The average Bonchev–Trinajstić information content (AvgIpc) is 1.84. The Hall–Kier alpha value is -0.370. The highest BCUT2D eigenvalue weighted by molar-refractivity contribution is 5.79. The van der Waals surface area contributed by atoms with E-state index in [1.54, 1.807) is 0 Å². The number of aliphatic hydroxyl groups excluding tert-OH is 1. The van der Waals surface area contributed by atoms with Gasteiger partial charge in [-0.3, -0.25) is 4.79 Å². The standard InChI is InChI=1S/C10H20O2/c1-8(11)9(12)6-5-7-10(2,3)4/h9,12H,5-7H2,1-4H3. The van der Waals surface area contributed by atoms with Crippen LogP contribution in [-0.2, 0) is 4.79 Å². The van der Waals surface area contributed by atoms with Crippen LogP contribution in [0.1, 0.15) is 47.0 Å². The first kappa shape index (κ1) is 11.6. The van der Waals surface area contributed by atoms with E-state index in [0.717, 1.165) is 12.8 Å². The summed E-state index contributed by atoms with van der Waals surface area (Å²) in [5.74, 6) is -0.121. The summed E-state index contributed by atoms with van der Waals surface area (Å²) in [5.41, 5.74) is 0.302. The highest BCUT2D eigenvalue weighted by Gasteiger charge is 2.13.